The van der Waals surface area contributed by atoms with Crippen molar-refractivity contribution in [2.24, 2.45) is 5.73 Å². The Balaban J connectivity index is 3.24. The van der Waals surface area contributed by atoms with Crippen LogP contribution in [-0.4, -0.2) is 29.8 Å². The first-order valence-corrected chi connectivity index (χ1v) is 5.35. The number of carboxylic acid groups (broad SMARTS) is 1. The Hall–Kier alpha value is -1.75. The minimum atomic E-state index is -1.08. The zero-order chi connectivity index (χ0) is 13.0. The Morgan fingerprint density at radius 2 is 2.18 bits per heavy atom. The van der Waals surface area contributed by atoms with Crippen LogP contribution in [0.15, 0.2) is 12.1 Å². The van der Waals surface area contributed by atoms with Crippen molar-refractivity contribution < 1.29 is 19.7 Å². The molecule has 0 radical (unpaired) electrons. The number of ether oxygens (including phenoxy) is 1. The lowest BCUT2D eigenvalue weighted by molar-refractivity contribution is 0.0693. The van der Waals surface area contributed by atoms with Gasteiger partial charge in [0.15, 0.2) is 0 Å². The van der Waals surface area contributed by atoms with Crippen molar-refractivity contribution in [1.82, 2.24) is 0 Å². The van der Waals surface area contributed by atoms with E-state index in [0.29, 0.717) is 18.5 Å². The van der Waals surface area contributed by atoms with E-state index >= 15 is 0 Å². The second-order valence-corrected chi connectivity index (χ2v) is 3.89. The molecule has 0 amide bonds. The van der Waals surface area contributed by atoms with E-state index in [9.17, 15) is 9.90 Å². The molecule has 0 spiro atoms. The van der Waals surface area contributed by atoms with Crippen molar-refractivity contribution in [3.8, 4) is 11.5 Å². The van der Waals surface area contributed by atoms with Gasteiger partial charge in [0.2, 0.25) is 0 Å². The third kappa shape index (κ3) is 2.88. The molecule has 0 saturated carbocycles. The van der Waals surface area contributed by atoms with Crippen molar-refractivity contribution >= 4 is 5.97 Å². The molecule has 0 aliphatic heterocycles. The van der Waals surface area contributed by atoms with Crippen molar-refractivity contribution in [3.63, 3.8) is 0 Å². The van der Waals surface area contributed by atoms with Gasteiger partial charge in [-0.2, -0.15) is 0 Å². The summed E-state index contributed by atoms with van der Waals surface area (Å²) in [5.74, 6) is -0.890. The van der Waals surface area contributed by atoms with Gasteiger partial charge in [0.25, 0.3) is 0 Å². The number of hydrogen-bond acceptors (Lipinski definition) is 4. The molecular formula is C12H17NO4. The lowest BCUT2D eigenvalue weighted by Crippen LogP contribution is -2.07. The maximum Gasteiger partial charge on any atom is 0.339 e. The lowest BCUT2D eigenvalue weighted by atomic mass is 9.94. The summed E-state index contributed by atoms with van der Waals surface area (Å²) in [6, 6.07) is 2.77. The molecule has 1 unspecified atom stereocenters. The highest BCUT2D eigenvalue weighted by Crippen LogP contribution is 2.34. The molecule has 5 nitrogen and oxygen atoms in total. The monoisotopic (exact) mass is 239 g/mol. The first kappa shape index (κ1) is 13.3. The topological polar surface area (TPSA) is 92.8 Å². The highest BCUT2D eigenvalue weighted by Gasteiger charge is 2.18. The second kappa shape index (κ2) is 5.54. The summed E-state index contributed by atoms with van der Waals surface area (Å²) >= 11 is 0. The quantitative estimate of drug-likeness (QED) is 0.725. The first-order chi connectivity index (χ1) is 8.01. The Bertz CT molecular complexity index is 417. The molecule has 5 heteroatoms. The molecule has 1 aromatic carbocycles. The molecule has 0 aliphatic carbocycles. The number of nitrogens with two attached hydrogens (primary N) is 1. The van der Waals surface area contributed by atoms with Crippen LogP contribution in [-0.2, 0) is 0 Å². The Morgan fingerprint density at radius 1 is 1.53 bits per heavy atom. The summed E-state index contributed by atoms with van der Waals surface area (Å²) in [6.07, 6.45) is 0.680. The Morgan fingerprint density at radius 3 is 2.65 bits per heavy atom. The van der Waals surface area contributed by atoms with Crippen LogP contribution in [0.1, 0.15) is 35.2 Å². The first-order valence-electron chi connectivity index (χ1n) is 5.35. The molecule has 17 heavy (non-hydrogen) atoms. The fourth-order valence-corrected chi connectivity index (χ4v) is 1.72. The maximum atomic E-state index is 11.0. The van der Waals surface area contributed by atoms with Crippen LogP contribution in [0.5, 0.6) is 11.5 Å². The number of benzene rings is 1. The largest absolute Gasteiger partial charge is 0.508 e. The Labute approximate surface area is 99.8 Å². The fraction of sp³-hybridized carbons (Fsp3) is 0.417. The highest BCUT2D eigenvalue weighted by molar-refractivity contribution is 5.91. The lowest BCUT2D eigenvalue weighted by Gasteiger charge is -2.15. The summed E-state index contributed by atoms with van der Waals surface area (Å²) in [5, 5.41) is 18.8. The van der Waals surface area contributed by atoms with Crippen LogP contribution < -0.4 is 10.5 Å². The third-order valence-electron chi connectivity index (χ3n) is 2.71. The molecule has 0 aromatic heterocycles. The molecule has 0 bridgehead atoms. The molecule has 0 aliphatic rings. The SMILES string of the molecule is COc1cc(O)c(C(C)CCN)cc1C(=O)O. The van der Waals surface area contributed by atoms with Gasteiger partial charge in [-0.05, 0) is 30.5 Å². The van der Waals surface area contributed by atoms with Gasteiger partial charge in [0, 0.05) is 6.07 Å². The number of aromatic hydroxyl groups is 1. The van der Waals surface area contributed by atoms with Crippen molar-refractivity contribution in [2.75, 3.05) is 13.7 Å². The van der Waals surface area contributed by atoms with E-state index in [0.717, 1.165) is 0 Å². The van der Waals surface area contributed by atoms with Crippen LogP contribution in [0, 0.1) is 0 Å². The molecule has 0 fully saturated rings. The number of rotatable bonds is 5. The predicted octanol–water partition coefficient (Wildman–Crippen LogP) is 1.55. The van der Waals surface area contributed by atoms with Crippen LogP contribution in [0.3, 0.4) is 0 Å². The normalized spacial score (nSPS) is 12.2. The number of phenolic OH excluding ortho intramolecular Hbond substituents is 1. The number of aromatic carboxylic acids is 1. The summed E-state index contributed by atoms with van der Waals surface area (Å²) in [4.78, 5) is 11.0. The number of phenols is 1. The molecular weight excluding hydrogens is 222 g/mol. The van der Waals surface area contributed by atoms with E-state index in [1.807, 2.05) is 6.92 Å². The van der Waals surface area contributed by atoms with Crippen LogP contribution in [0.4, 0.5) is 0 Å². The summed E-state index contributed by atoms with van der Waals surface area (Å²) in [6.45, 7) is 2.37. The van der Waals surface area contributed by atoms with Gasteiger partial charge in [-0.1, -0.05) is 6.92 Å². The number of hydrogen-bond donors (Lipinski definition) is 3. The molecule has 4 N–H and O–H groups in total. The molecule has 1 atom stereocenters. The maximum absolute atomic E-state index is 11.0. The van der Waals surface area contributed by atoms with Gasteiger partial charge >= 0.3 is 5.97 Å². The smallest absolute Gasteiger partial charge is 0.339 e. The highest BCUT2D eigenvalue weighted by atomic mass is 16.5. The van der Waals surface area contributed by atoms with Crippen LogP contribution in [0.2, 0.25) is 0 Å². The van der Waals surface area contributed by atoms with Gasteiger partial charge < -0.3 is 20.7 Å². The fourth-order valence-electron chi connectivity index (χ4n) is 1.72. The summed E-state index contributed by atoms with van der Waals surface area (Å²) in [5.41, 5.74) is 6.07. The number of carbonyl (C=O) groups is 1. The molecule has 94 valence electrons. The predicted molar refractivity (Wildman–Crippen MR) is 63.7 cm³/mol. The number of methoxy groups -OCH3 is 1. The zero-order valence-electron chi connectivity index (χ0n) is 9.93. The minimum Gasteiger partial charge on any atom is -0.508 e. The summed E-state index contributed by atoms with van der Waals surface area (Å²) < 4.78 is 4.92. The van der Waals surface area contributed by atoms with E-state index in [-0.39, 0.29) is 23.0 Å². The Kier molecular flexibility index (Phi) is 4.34. The van der Waals surface area contributed by atoms with Gasteiger partial charge in [0.05, 0.1) is 7.11 Å². The number of carboxylic acids is 1. The molecule has 1 rings (SSSR count). The minimum absolute atomic E-state index is 0.00371. The average Bonchev–Trinajstić information content (AvgIpc) is 2.28. The zero-order valence-corrected chi connectivity index (χ0v) is 9.93. The van der Waals surface area contributed by atoms with Crippen LogP contribution in [0.25, 0.3) is 0 Å². The van der Waals surface area contributed by atoms with E-state index in [2.05, 4.69) is 0 Å². The van der Waals surface area contributed by atoms with E-state index in [1.54, 1.807) is 0 Å². The van der Waals surface area contributed by atoms with Gasteiger partial charge in [-0.25, -0.2) is 4.79 Å². The van der Waals surface area contributed by atoms with Crippen molar-refractivity contribution in [1.29, 1.82) is 0 Å². The average molecular weight is 239 g/mol. The standard InChI is InChI=1S/C12H17NO4/c1-7(3-4-13)8-5-9(12(15)16)11(17-2)6-10(8)14/h5-7,14H,3-4,13H2,1-2H3,(H,15,16). The van der Waals surface area contributed by atoms with Crippen LogP contribution >= 0.6 is 0 Å². The molecule has 0 heterocycles. The van der Waals surface area contributed by atoms with Gasteiger partial charge in [0.1, 0.15) is 17.1 Å². The van der Waals surface area contributed by atoms with E-state index in [1.165, 1.54) is 19.2 Å². The van der Waals surface area contributed by atoms with Crippen molar-refractivity contribution in [3.05, 3.63) is 23.3 Å². The van der Waals surface area contributed by atoms with Gasteiger partial charge in [-0.15, -0.1) is 0 Å². The summed E-state index contributed by atoms with van der Waals surface area (Å²) in [7, 11) is 1.37. The third-order valence-corrected chi connectivity index (χ3v) is 2.71. The van der Waals surface area contributed by atoms with Gasteiger partial charge in [-0.3, -0.25) is 0 Å². The van der Waals surface area contributed by atoms with Crippen molar-refractivity contribution in [2.45, 2.75) is 19.3 Å². The second-order valence-electron chi connectivity index (χ2n) is 3.89. The van der Waals surface area contributed by atoms with E-state index in [4.69, 9.17) is 15.6 Å². The molecule has 0 saturated heterocycles. The van der Waals surface area contributed by atoms with E-state index < -0.39 is 5.97 Å². The molecule has 1 aromatic rings.